The predicted octanol–water partition coefficient (Wildman–Crippen LogP) is 10.9. The van der Waals surface area contributed by atoms with Crippen molar-refractivity contribution in [1.29, 1.82) is 0 Å². The van der Waals surface area contributed by atoms with Gasteiger partial charge in [0.25, 0.3) is 0 Å². The number of carbonyl (C=O) groups excluding carboxylic acids is 1. The van der Waals surface area contributed by atoms with Crippen molar-refractivity contribution in [2.24, 2.45) is 5.16 Å². The predicted molar refractivity (Wildman–Crippen MR) is 187 cm³/mol. The molecule has 0 unspecified atom stereocenters. The number of oxime groups is 1. The largest absolute Gasteiger partial charge is 0.550 e. The van der Waals surface area contributed by atoms with Gasteiger partial charge in [-0.3, -0.25) is 18.5 Å². The van der Waals surface area contributed by atoms with Crippen molar-refractivity contribution < 1.29 is 23.0 Å². The maximum atomic E-state index is 13.0. The van der Waals surface area contributed by atoms with Gasteiger partial charge in [0.2, 0.25) is 0 Å². The number of hydrogen-bond acceptors (Lipinski definition) is 8. The van der Waals surface area contributed by atoms with Gasteiger partial charge < -0.3 is 0 Å². The molecule has 4 aromatic rings. The minimum atomic E-state index is -3.85. The SMILES string of the molecule is C/C=C(\C(CCSc1ccc(Cl)cc1)=N\OP(=O)(OCC)OCC)c1ccc(Sc2ccc(C(=O)c3ccccc3)cc2)cc1. The number of thioether (sulfide) groups is 1. The van der Waals surface area contributed by atoms with Gasteiger partial charge in [-0.1, -0.05) is 77.1 Å². The average Bonchev–Trinajstić information content (AvgIpc) is 3.06. The Morgan fingerprint density at radius 1 is 0.778 bits per heavy atom. The van der Waals surface area contributed by atoms with Crippen LogP contribution in [0.1, 0.15) is 48.7 Å². The highest BCUT2D eigenvalue weighted by atomic mass is 35.5. The van der Waals surface area contributed by atoms with E-state index in [-0.39, 0.29) is 19.0 Å². The van der Waals surface area contributed by atoms with E-state index in [4.69, 9.17) is 25.3 Å². The van der Waals surface area contributed by atoms with Gasteiger partial charge in [0.05, 0.1) is 18.9 Å². The second-order valence-electron chi connectivity index (χ2n) is 9.50. The van der Waals surface area contributed by atoms with E-state index in [1.54, 1.807) is 37.4 Å². The van der Waals surface area contributed by atoms with Gasteiger partial charge in [-0.2, -0.15) is 0 Å². The van der Waals surface area contributed by atoms with Crippen molar-refractivity contribution in [2.75, 3.05) is 19.0 Å². The number of phosphoric ester groups is 1. The van der Waals surface area contributed by atoms with Crippen LogP contribution in [-0.2, 0) is 18.2 Å². The molecule has 0 fully saturated rings. The van der Waals surface area contributed by atoms with Crippen LogP contribution in [0.3, 0.4) is 0 Å². The molecule has 0 bridgehead atoms. The molecule has 0 N–H and O–H groups in total. The Balaban J connectivity index is 1.49. The molecule has 0 aliphatic rings. The average molecular weight is 680 g/mol. The number of carbonyl (C=O) groups is 1. The number of nitrogens with zero attached hydrogens (tertiary/aromatic N) is 1. The first-order valence-electron chi connectivity index (χ1n) is 14.5. The number of rotatable bonds is 16. The Kier molecular flexibility index (Phi) is 13.6. The summed E-state index contributed by atoms with van der Waals surface area (Å²) >= 11 is 9.31. The molecular weight excluding hydrogens is 645 g/mol. The monoisotopic (exact) mass is 679 g/mol. The zero-order valence-electron chi connectivity index (χ0n) is 25.4. The van der Waals surface area contributed by atoms with Crippen LogP contribution in [0.4, 0.5) is 0 Å². The Morgan fingerprint density at radius 3 is 1.87 bits per heavy atom. The fourth-order valence-electron chi connectivity index (χ4n) is 4.29. The Hall–Kier alpha value is -3.10. The van der Waals surface area contributed by atoms with Gasteiger partial charge in [0.1, 0.15) is 0 Å². The molecule has 0 amide bonds. The molecule has 6 nitrogen and oxygen atoms in total. The normalized spacial score (nSPS) is 12.3. The summed E-state index contributed by atoms with van der Waals surface area (Å²) in [7, 11) is -3.85. The van der Waals surface area contributed by atoms with Crippen LogP contribution in [-0.4, -0.2) is 30.5 Å². The van der Waals surface area contributed by atoms with Crippen LogP contribution in [0.15, 0.2) is 129 Å². The number of hydrogen-bond donors (Lipinski definition) is 0. The van der Waals surface area contributed by atoms with E-state index in [2.05, 4.69) is 5.16 Å². The highest BCUT2D eigenvalue weighted by Crippen LogP contribution is 2.49. The number of phosphoric acid groups is 1. The Bertz CT molecular complexity index is 1630. The molecule has 4 rings (SSSR count). The number of halogens is 1. The molecule has 0 aliphatic heterocycles. The molecule has 0 radical (unpaired) electrons. The first-order valence-corrected chi connectivity index (χ1v) is 18.2. The second-order valence-corrected chi connectivity index (χ2v) is 13.8. The molecule has 0 heterocycles. The first kappa shape index (κ1) is 34.8. The van der Waals surface area contributed by atoms with Crippen molar-refractivity contribution >= 4 is 60.0 Å². The van der Waals surface area contributed by atoms with E-state index in [9.17, 15) is 9.36 Å². The van der Waals surface area contributed by atoms with E-state index < -0.39 is 7.82 Å². The quantitative estimate of drug-likeness (QED) is 0.0383. The van der Waals surface area contributed by atoms with Crippen LogP contribution >= 0.6 is 42.9 Å². The topological polar surface area (TPSA) is 74.2 Å². The summed E-state index contributed by atoms with van der Waals surface area (Å²) in [4.78, 5) is 15.9. The van der Waals surface area contributed by atoms with Crippen LogP contribution in [0.25, 0.3) is 5.57 Å². The van der Waals surface area contributed by atoms with Crippen molar-refractivity contribution in [3.63, 3.8) is 0 Å². The molecule has 0 spiro atoms. The summed E-state index contributed by atoms with van der Waals surface area (Å²) < 4.78 is 29.0. The first-order chi connectivity index (χ1) is 21.8. The molecular formula is C35H35ClNO5PS2. The lowest BCUT2D eigenvalue weighted by Gasteiger charge is -2.16. The molecule has 0 saturated carbocycles. The summed E-state index contributed by atoms with van der Waals surface area (Å²) in [5, 5.41) is 5.01. The smallest absolute Gasteiger partial charge is 0.292 e. The van der Waals surface area contributed by atoms with E-state index in [1.807, 2.05) is 116 Å². The van der Waals surface area contributed by atoms with E-state index in [0.717, 1.165) is 25.8 Å². The summed E-state index contributed by atoms with van der Waals surface area (Å²) in [5.74, 6) is 0.702. The van der Waals surface area contributed by atoms with Gasteiger partial charge in [-0.05, 0) is 87.0 Å². The molecule has 0 aliphatic carbocycles. The third-order valence-corrected chi connectivity index (χ3v) is 10.1. The van der Waals surface area contributed by atoms with Gasteiger partial charge in [-0.15, -0.1) is 11.8 Å². The third-order valence-electron chi connectivity index (χ3n) is 6.40. The zero-order chi connectivity index (χ0) is 32.1. The molecule has 4 aromatic carbocycles. The van der Waals surface area contributed by atoms with Gasteiger partial charge >= 0.3 is 7.82 Å². The van der Waals surface area contributed by atoms with Crippen LogP contribution in [0.2, 0.25) is 5.02 Å². The molecule has 10 heteroatoms. The zero-order valence-corrected chi connectivity index (χ0v) is 28.6. The number of allylic oxidation sites excluding steroid dienone is 2. The minimum Gasteiger partial charge on any atom is -0.292 e. The van der Waals surface area contributed by atoms with Crippen molar-refractivity contribution in [3.8, 4) is 0 Å². The van der Waals surface area contributed by atoms with Crippen LogP contribution in [0, 0.1) is 0 Å². The molecule has 234 valence electrons. The Labute approximate surface area is 278 Å². The van der Waals surface area contributed by atoms with E-state index >= 15 is 0 Å². The molecule has 0 aromatic heterocycles. The lowest BCUT2D eigenvalue weighted by molar-refractivity contribution is 0.103. The summed E-state index contributed by atoms with van der Waals surface area (Å²) in [6.45, 7) is 5.70. The Morgan fingerprint density at radius 2 is 1.31 bits per heavy atom. The van der Waals surface area contributed by atoms with Gasteiger partial charge in [0.15, 0.2) is 5.78 Å². The van der Waals surface area contributed by atoms with Crippen LogP contribution in [0.5, 0.6) is 0 Å². The maximum absolute atomic E-state index is 13.0. The van der Waals surface area contributed by atoms with Crippen molar-refractivity contribution in [1.82, 2.24) is 0 Å². The summed E-state index contributed by atoms with van der Waals surface area (Å²) in [5.41, 5.74) is 3.74. The highest BCUT2D eigenvalue weighted by Gasteiger charge is 2.28. The second kappa shape index (κ2) is 17.6. The highest BCUT2D eigenvalue weighted by molar-refractivity contribution is 7.99. The maximum Gasteiger partial charge on any atom is 0.550 e. The van der Waals surface area contributed by atoms with E-state index in [0.29, 0.717) is 34.0 Å². The molecule has 0 atom stereocenters. The number of benzene rings is 4. The number of ketones is 1. The third kappa shape index (κ3) is 10.5. The molecule has 45 heavy (non-hydrogen) atoms. The van der Waals surface area contributed by atoms with E-state index in [1.165, 1.54) is 0 Å². The van der Waals surface area contributed by atoms with Gasteiger partial charge in [0, 0.05) is 48.6 Å². The molecule has 0 saturated heterocycles. The summed E-state index contributed by atoms with van der Waals surface area (Å²) in [6.07, 6.45) is 2.50. The minimum absolute atomic E-state index is 0.00210. The van der Waals surface area contributed by atoms with Crippen LogP contribution < -0.4 is 0 Å². The fourth-order valence-corrected chi connectivity index (χ4v) is 7.10. The summed E-state index contributed by atoms with van der Waals surface area (Å²) in [6, 6.07) is 32.7. The standard InChI is InChI=1S/C35H35ClNO5PS2/c1-4-33(34(37-42-43(39,40-5-2)41-6-3)24-25-44-30-22-16-29(36)17-23-30)26-12-18-31(19-13-26)45-32-20-14-28(15-21-32)35(38)27-10-8-7-9-11-27/h4,7-23H,5-6,24-25H2,1-3H3/b33-4-,37-34+. The van der Waals surface area contributed by atoms with Crippen molar-refractivity contribution in [2.45, 2.75) is 41.9 Å². The fraction of sp³-hybridized carbons (Fsp3) is 0.200. The van der Waals surface area contributed by atoms with Gasteiger partial charge in [-0.25, -0.2) is 4.57 Å². The lowest BCUT2D eigenvalue weighted by atomic mass is 9.99. The lowest BCUT2D eigenvalue weighted by Crippen LogP contribution is -2.06. The van der Waals surface area contributed by atoms with Crippen molar-refractivity contribution in [3.05, 3.63) is 131 Å².